The Labute approximate surface area is 257 Å². The monoisotopic (exact) mass is 596 g/mol. The molecule has 0 bridgehead atoms. The van der Waals surface area contributed by atoms with Crippen molar-refractivity contribution in [1.29, 1.82) is 0 Å². The number of hydrogen-bond donors (Lipinski definition) is 2. The number of nitrogens with one attached hydrogen (secondary N) is 2. The standard InChI is InChI=1S/C34H32N2O4S2/c1-39-33(37)29(21-23-13-5-3-6-14-23)35-31(41)27-19-11-9-17-25(27)26-18-10-12-20-28(26)32(42)36-30(34(38)40-2)22-24-15-7-4-8-16-24/h3-20,29-30H,21-22H2,1-2H3,(H,35,41)(H,36,42)/t29-,30?/m1/s1. The molecular weight excluding hydrogens is 565 g/mol. The van der Waals surface area contributed by atoms with Crippen molar-refractivity contribution in [2.75, 3.05) is 14.2 Å². The topological polar surface area (TPSA) is 76.7 Å². The van der Waals surface area contributed by atoms with Gasteiger partial charge in [-0.1, -0.05) is 134 Å². The number of thiocarbonyl (C=S) groups is 2. The number of benzene rings is 4. The Morgan fingerprint density at radius 2 is 0.905 bits per heavy atom. The lowest BCUT2D eigenvalue weighted by molar-refractivity contribution is -0.143. The molecule has 0 aliphatic heterocycles. The van der Waals surface area contributed by atoms with Crippen molar-refractivity contribution in [2.45, 2.75) is 24.9 Å². The van der Waals surface area contributed by atoms with E-state index in [1.54, 1.807) is 0 Å². The van der Waals surface area contributed by atoms with Gasteiger partial charge in [-0.15, -0.1) is 0 Å². The summed E-state index contributed by atoms with van der Waals surface area (Å²) in [6, 6.07) is 33.4. The molecule has 214 valence electrons. The highest BCUT2D eigenvalue weighted by molar-refractivity contribution is 7.81. The number of rotatable bonds is 11. The fourth-order valence-electron chi connectivity index (χ4n) is 4.67. The third-order valence-corrected chi connectivity index (χ3v) is 7.46. The van der Waals surface area contributed by atoms with E-state index in [4.69, 9.17) is 33.9 Å². The minimum atomic E-state index is -0.672. The first-order valence-corrected chi connectivity index (χ1v) is 14.3. The first kappa shape index (κ1) is 30.6. The molecule has 4 aromatic rings. The molecule has 2 N–H and O–H groups in total. The SMILES string of the molecule is COC(=O)C(Cc1ccccc1)NC(=S)c1ccccc1-c1ccccc1C(=S)N[C@H](Cc1ccccc1)C(=O)OC. The van der Waals surface area contributed by atoms with E-state index in [9.17, 15) is 9.59 Å². The van der Waals surface area contributed by atoms with Gasteiger partial charge < -0.3 is 20.1 Å². The highest BCUT2D eigenvalue weighted by Crippen LogP contribution is 2.28. The zero-order valence-corrected chi connectivity index (χ0v) is 25.0. The molecule has 0 radical (unpaired) electrons. The van der Waals surface area contributed by atoms with E-state index in [0.29, 0.717) is 22.8 Å². The summed E-state index contributed by atoms with van der Waals surface area (Å²) in [5, 5.41) is 6.44. The van der Waals surface area contributed by atoms with E-state index in [-0.39, 0.29) is 0 Å². The molecule has 0 aliphatic carbocycles. The molecule has 42 heavy (non-hydrogen) atoms. The van der Waals surface area contributed by atoms with Crippen LogP contribution in [0.1, 0.15) is 22.3 Å². The molecule has 1 unspecified atom stereocenters. The van der Waals surface area contributed by atoms with Gasteiger partial charge in [-0.3, -0.25) is 0 Å². The van der Waals surface area contributed by atoms with Crippen LogP contribution in [0, 0.1) is 0 Å². The molecule has 6 nitrogen and oxygen atoms in total. The minimum absolute atomic E-state index is 0.405. The first-order chi connectivity index (χ1) is 20.4. The number of carbonyl (C=O) groups is 2. The third kappa shape index (κ3) is 7.87. The maximum absolute atomic E-state index is 12.7. The molecular formula is C34H32N2O4S2. The van der Waals surface area contributed by atoms with Crippen molar-refractivity contribution in [3.05, 3.63) is 131 Å². The summed E-state index contributed by atoms with van der Waals surface area (Å²) >= 11 is 11.7. The maximum Gasteiger partial charge on any atom is 0.328 e. The van der Waals surface area contributed by atoms with Gasteiger partial charge in [0.15, 0.2) is 0 Å². The number of hydrogen-bond acceptors (Lipinski definition) is 6. The summed E-state index contributed by atoms with van der Waals surface area (Å²) in [6.45, 7) is 0. The minimum Gasteiger partial charge on any atom is -0.467 e. The maximum atomic E-state index is 12.7. The Bertz CT molecular complexity index is 1430. The molecule has 4 aromatic carbocycles. The number of esters is 2. The van der Waals surface area contributed by atoms with Crippen LogP contribution in [0.3, 0.4) is 0 Å². The molecule has 4 rings (SSSR count). The van der Waals surface area contributed by atoms with Gasteiger partial charge in [0, 0.05) is 24.0 Å². The summed E-state index contributed by atoms with van der Waals surface area (Å²) in [6.07, 6.45) is 0.827. The van der Waals surface area contributed by atoms with Crippen molar-refractivity contribution in [3.63, 3.8) is 0 Å². The van der Waals surface area contributed by atoms with Crippen molar-refractivity contribution in [2.24, 2.45) is 0 Å². The van der Waals surface area contributed by atoms with Crippen molar-refractivity contribution < 1.29 is 19.1 Å². The molecule has 0 spiro atoms. The Kier molecular flexibility index (Phi) is 10.9. The van der Waals surface area contributed by atoms with Crippen LogP contribution < -0.4 is 10.6 Å². The zero-order chi connectivity index (χ0) is 29.9. The van der Waals surface area contributed by atoms with Crippen LogP contribution in [-0.4, -0.2) is 48.2 Å². The third-order valence-electron chi connectivity index (χ3n) is 6.78. The number of ether oxygens (including phenoxy) is 2. The van der Waals surface area contributed by atoms with Crippen molar-refractivity contribution >= 4 is 46.4 Å². The van der Waals surface area contributed by atoms with Crippen LogP contribution >= 0.6 is 24.4 Å². The molecule has 0 saturated heterocycles. The average molecular weight is 597 g/mol. The van der Waals surface area contributed by atoms with Gasteiger partial charge in [0.1, 0.15) is 22.1 Å². The summed E-state index contributed by atoms with van der Waals surface area (Å²) in [5.41, 5.74) is 5.09. The summed E-state index contributed by atoms with van der Waals surface area (Å²) in [5.74, 6) is -0.812. The summed E-state index contributed by atoms with van der Waals surface area (Å²) < 4.78 is 10.1. The average Bonchev–Trinajstić information content (AvgIpc) is 3.04. The molecule has 2 atom stereocenters. The lowest BCUT2D eigenvalue weighted by atomic mass is 9.94. The van der Waals surface area contributed by atoms with E-state index in [1.807, 2.05) is 109 Å². The van der Waals surface area contributed by atoms with Crippen LogP contribution in [0.15, 0.2) is 109 Å². The van der Waals surface area contributed by atoms with E-state index < -0.39 is 24.0 Å². The normalized spacial score (nSPS) is 12.0. The smallest absolute Gasteiger partial charge is 0.328 e. The van der Waals surface area contributed by atoms with Gasteiger partial charge in [-0.05, 0) is 22.3 Å². The van der Waals surface area contributed by atoms with Gasteiger partial charge in [0.25, 0.3) is 0 Å². The van der Waals surface area contributed by atoms with E-state index in [0.717, 1.165) is 33.4 Å². The second-order valence-electron chi connectivity index (χ2n) is 9.57. The fraction of sp³-hybridized carbons (Fsp3) is 0.176. The van der Waals surface area contributed by atoms with E-state index >= 15 is 0 Å². The molecule has 0 aliphatic rings. The Morgan fingerprint density at radius 3 is 1.26 bits per heavy atom. The summed E-state index contributed by atoms with van der Waals surface area (Å²) in [4.78, 5) is 26.2. The van der Waals surface area contributed by atoms with E-state index in [1.165, 1.54) is 14.2 Å². The van der Waals surface area contributed by atoms with Gasteiger partial charge >= 0.3 is 11.9 Å². The lowest BCUT2D eigenvalue weighted by Crippen LogP contribution is -2.43. The Balaban J connectivity index is 1.62. The largest absolute Gasteiger partial charge is 0.467 e. The lowest BCUT2D eigenvalue weighted by Gasteiger charge is -2.22. The van der Waals surface area contributed by atoms with Gasteiger partial charge in [0.2, 0.25) is 0 Å². The zero-order valence-electron chi connectivity index (χ0n) is 23.4. The van der Waals surface area contributed by atoms with Crippen molar-refractivity contribution in [3.8, 4) is 11.1 Å². The second kappa shape index (κ2) is 15.0. The Morgan fingerprint density at radius 1 is 0.571 bits per heavy atom. The fourth-order valence-corrected chi connectivity index (χ4v) is 5.32. The molecule has 0 heterocycles. The quantitative estimate of drug-likeness (QED) is 0.175. The van der Waals surface area contributed by atoms with Crippen LogP contribution in [0.4, 0.5) is 0 Å². The summed E-state index contributed by atoms with van der Waals surface area (Å²) in [7, 11) is 2.73. The number of methoxy groups -OCH3 is 2. The molecule has 0 aromatic heterocycles. The molecule has 8 heteroatoms. The second-order valence-corrected chi connectivity index (χ2v) is 10.4. The van der Waals surface area contributed by atoms with Crippen LogP contribution in [0.2, 0.25) is 0 Å². The highest BCUT2D eigenvalue weighted by atomic mass is 32.1. The van der Waals surface area contributed by atoms with E-state index in [2.05, 4.69) is 10.6 Å². The van der Waals surface area contributed by atoms with Crippen LogP contribution in [0.5, 0.6) is 0 Å². The predicted molar refractivity (Wildman–Crippen MR) is 173 cm³/mol. The van der Waals surface area contributed by atoms with Crippen LogP contribution in [-0.2, 0) is 31.9 Å². The first-order valence-electron chi connectivity index (χ1n) is 13.4. The molecule has 0 fully saturated rings. The highest BCUT2D eigenvalue weighted by Gasteiger charge is 2.25. The predicted octanol–water partition coefficient (Wildman–Crippen LogP) is 5.45. The van der Waals surface area contributed by atoms with Crippen molar-refractivity contribution in [1.82, 2.24) is 10.6 Å². The molecule has 0 saturated carbocycles. The number of carbonyl (C=O) groups excluding carboxylic acids is 2. The molecule has 0 amide bonds. The van der Waals surface area contributed by atoms with Gasteiger partial charge in [-0.2, -0.15) is 0 Å². The van der Waals surface area contributed by atoms with Gasteiger partial charge in [0.05, 0.1) is 14.2 Å². The Hall–Kier alpha value is -4.40. The van der Waals surface area contributed by atoms with Crippen LogP contribution in [0.25, 0.3) is 11.1 Å². The van der Waals surface area contributed by atoms with Gasteiger partial charge in [-0.25, -0.2) is 9.59 Å².